The van der Waals surface area contributed by atoms with Gasteiger partial charge < -0.3 is 10.6 Å². The summed E-state index contributed by atoms with van der Waals surface area (Å²) in [5.74, 6) is 0. The highest BCUT2D eigenvalue weighted by molar-refractivity contribution is 6.21. The van der Waals surface area contributed by atoms with Gasteiger partial charge in [0.15, 0.2) is 0 Å². The molecule has 7 aromatic rings. The first-order valence-electron chi connectivity index (χ1n) is 15.0. The molecule has 0 heterocycles. The van der Waals surface area contributed by atoms with E-state index >= 15 is 0 Å². The molecule has 2 N–H and O–H groups in total. The van der Waals surface area contributed by atoms with E-state index in [9.17, 15) is 0 Å². The summed E-state index contributed by atoms with van der Waals surface area (Å²) in [5, 5.41) is 5.04. The lowest BCUT2D eigenvalue weighted by molar-refractivity contribution is 0.887. The van der Waals surface area contributed by atoms with Crippen molar-refractivity contribution in [3.05, 3.63) is 152 Å². The molecule has 0 aliphatic heterocycles. The molecular formula is C41H34N2. The number of nitrogens with zero attached hydrogens (tertiary/aromatic N) is 1. The molecule has 0 atom stereocenters. The van der Waals surface area contributed by atoms with Crippen molar-refractivity contribution in [2.45, 2.75) is 13.3 Å². The van der Waals surface area contributed by atoms with Crippen LogP contribution >= 0.6 is 0 Å². The van der Waals surface area contributed by atoms with Crippen molar-refractivity contribution >= 4 is 38.6 Å². The van der Waals surface area contributed by atoms with Gasteiger partial charge in [-0.2, -0.15) is 0 Å². The van der Waals surface area contributed by atoms with Crippen LogP contribution in [0.4, 0.5) is 17.1 Å². The van der Waals surface area contributed by atoms with Gasteiger partial charge in [-0.25, -0.2) is 0 Å². The van der Waals surface area contributed by atoms with Crippen molar-refractivity contribution < 1.29 is 0 Å². The van der Waals surface area contributed by atoms with Gasteiger partial charge in [-0.1, -0.05) is 134 Å². The number of benzene rings is 7. The smallest absolute Gasteiger partial charge is 0.0644 e. The Morgan fingerprint density at radius 3 is 1.37 bits per heavy atom. The summed E-state index contributed by atoms with van der Waals surface area (Å²) in [7, 11) is 0. The van der Waals surface area contributed by atoms with Crippen LogP contribution in [-0.4, -0.2) is 6.54 Å². The van der Waals surface area contributed by atoms with Crippen molar-refractivity contribution in [3.8, 4) is 33.4 Å². The molecule has 0 fully saturated rings. The van der Waals surface area contributed by atoms with Gasteiger partial charge in [0.25, 0.3) is 0 Å². The second kappa shape index (κ2) is 11.5. The van der Waals surface area contributed by atoms with E-state index in [1.807, 2.05) is 12.1 Å². The molecule has 0 saturated carbocycles. The number of nitrogens with two attached hydrogens (primary N) is 1. The Morgan fingerprint density at radius 1 is 0.442 bits per heavy atom. The molecule has 7 aromatic carbocycles. The lowest BCUT2D eigenvalue weighted by Crippen LogP contribution is -2.19. The van der Waals surface area contributed by atoms with E-state index in [0.29, 0.717) is 0 Å². The van der Waals surface area contributed by atoms with Crippen molar-refractivity contribution in [2.24, 2.45) is 0 Å². The normalized spacial score (nSPS) is 11.2. The third kappa shape index (κ3) is 4.91. The first-order chi connectivity index (χ1) is 21.2. The summed E-state index contributed by atoms with van der Waals surface area (Å²) in [6, 6.07) is 54.4. The van der Waals surface area contributed by atoms with E-state index in [0.717, 1.165) is 30.0 Å². The Balaban J connectivity index is 1.37. The standard InChI is InChI=1S/C41H34N2/c1-2-28-43(39-19-11-10-18-38(39)42)33-26-24-32(25-27-33)41-36-16-8-6-14-34(36)40(35-15-7-9-17-37(35)41)31-22-20-30(21-23-31)29-12-4-3-5-13-29/h3-27H,2,28,42H2,1H3. The van der Waals surface area contributed by atoms with Crippen LogP contribution in [0.5, 0.6) is 0 Å². The first kappa shape index (κ1) is 26.6. The second-order valence-corrected chi connectivity index (χ2v) is 11.0. The van der Waals surface area contributed by atoms with Crippen LogP contribution in [0.25, 0.3) is 54.9 Å². The summed E-state index contributed by atoms with van der Waals surface area (Å²) in [6.07, 6.45) is 1.03. The fourth-order valence-corrected chi connectivity index (χ4v) is 6.36. The van der Waals surface area contributed by atoms with E-state index in [4.69, 9.17) is 5.73 Å². The van der Waals surface area contributed by atoms with Crippen LogP contribution in [0.2, 0.25) is 0 Å². The molecule has 2 nitrogen and oxygen atoms in total. The topological polar surface area (TPSA) is 29.3 Å². The molecule has 0 bridgehead atoms. The highest BCUT2D eigenvalue weighted by atomic mass is 15.1. The zero-order valence-electron chi connectivity index (χ0n) is 24.4. The number of rotatable bonds is 7. The van der Waals surface area contributed by atoms with Gasteiger partial charge in [-0.15, -0.1) is 0 Å². The van der Waals surface area contributed by atoms with Crippen molar-refractivity contribution in [2.75, 3.05) is 17.2 Å². The van der Waals surface area contributed by atoms with Gasteiger partial charge >= 0.3 is 0 Å². The summed E-state index contributed by atoms with van der Waals surface area (Å²) in [4.78, 5) is 2.32. The third-order valence-corrected chi connectivity index (χ3v) is 8.35. The van der Waals surface area contributed by atoms with Gasteiger partial charge in [-0.05, 0) is 85.6 Å². The summed E-state index contributed by atoms with van der Waals surface area (Å²) < 4.78 is 0. The summed E-state index contributed by atoms with van der Waals surface area (Å²) >= 11 is 0. The number of fused-ring (bicyclic) bond motifs is 2. The first-order valence-corrected chi connectivity index (χ1v) is 15.0. The molecule has 0 aliphatic carbocycles. The fourth-order valence-electron chi connectivity index (χ4n) is 6.36. The minimum absolute atomic E-state index is 0.796. The Labute approximate surface area is 253 Å². The van der Waals surface area contributed by atoms with E-state index < -0.39 is 0 Å². The van der Waals surface area contributed by atoms with Crippen LogP contribution in [0.15, 0.2) is 152 Å². The SMILES string of the molecule is CCCN(c1ccc(-c2c3ccccc3c(-c3ccc(-c4ccccc4)cc3)c3ccccc23)cc1)c1ccccc1N. The number of para-hydroxylation sites is 2. The highest BCUT2D eigenvalue weighted by Crippen LogP contribution is 2.44. The Kier molecular flexibility index (Phi) is 7.10. The van der Waals surface area contributed by atoms with E-state index in [1.54, 1.807) is 0 Å². The summed E-state index contributed by atoms with van der Waals surface area (Å²) in [6.45, 7) is 3.10. The number of hydrogen-bond acceptors (Lipinski definition) is 2. The maximum Gasteiger partial charge on any atom is 0.0644 e. The molecule has 208 valence electrons. The lowest BCUT2D eigenvalue weighted by Gasteiger charge is -2.26. The molecule has 43 heavy (non-hydrogen) atoms. The average Bonchev–Trinajstić information content (AvgIpc) is 3.07. The van der Waals surface area contributed by atoms with Gasteiger partial charge in [-0.3, -0.25) is 0 Å². The summed E-state index contributed by atoms with van der Waals surface area (Å²) in [5.41, 5.74) is 16.8. The average molecular weight is 555 g/mol. The molecule has 0 aliphatic rings. The van der Waals surface area contributed by atoms with Crippen LogP contribution < -0.4 is 10.6 Å². The Hall–Kier alpha value is -5.34. The molecular weight excluding hydrogens is 520 g/mol. The molecule has 2 heteroatoms. The van der Waals surface area contributed by atoms with Crippen molar-refractivity contribution in [1.82, 2.24) is 0 Å². The number of anilines is 3. The minimum atomic E-state index is 0.796. The fraction of sp³-hybridized carbons (Fsp3) is 0.0732. The molecule has 0 unspecified atom stereocenters. The predicted octanol–water partition coefficient (Wildman–Crippen LogP) is 11.1. The van der Waals surface area contributed by atoms with Crippen LogP contribution in [0.1, 0.15) is 13.3 Å². The highest BCUT2D eigenvalue weighted by Gasteiger charge is 2.17. The van der Waals surface area contributed by atoms with E-state index in [2.05, 4.69) is 151 Å². The minimum Gasteiger partial charge on any atom is -0.397 e. The monoisotopic (exact) mass is 554 g/mol. The quantitative estimate of drug-likeness (QED) is 0.157. The lowest BCUT2D eigenvalue weighted by atomic mass is 9.85. The van der Waals surface area contributed by atoms with Crippen LogP contribution in [-0.2, 0) is 0 Å². The van der Waals surface area contributed by atoms with Gasteiger partial charge in [0.05, 0.1) is 11.4 Å². The predicted molar refractivity (Wildman–Crippen MR) is 186 cm³/mol. The van der Waals surface area contributed by atoms with Gasteiger partial charge in [0.1, 0.15) is 0 Å². The Bertz CT molecular complexity index is 1970. The zero-order valence-corrected chi connectivity index (χ0v) is 24.4. The van der Waals surface area contributed by atoms with E-state index in [-0.39, 0.29) is 0 Å². The largest absolute Gasteiger partial charge is 0.397 e. The number of hydrogen-bond donors (Lipinski definition) is 1. The zero-order chi connectivity index (χ0) is 29.2. The Morgan fingerprint density at radius 2 is 0.860 bits per heavy atom. The molecule has 0 saturated heterocycles. The molecule has 0 radical (unpaired) electrons. The van der Waals surface area contributed by atoms with Crippen LogP contribution in [0.3, 0.4) is 0 Å². The number of nitrogen functional groups attached to an aromatic ring is 1. The maximum absolute atomic E-state index is 6.39. The third-order valence-electron chi connectivity index (χ3n) is 8.35. The maximum atomic E-state index is 6.39. The van der Waals surface area contributed by atoms with Gasteiger partial charge in [0, 0.05) is 12.2 Å². The van der Waals surface area contributed by atoms with Crippen molar-refractivity contribution in [3.63, 3.8) is 0 Å². The molecule has 7 rings (SSSR count). The molecule has 0 aromatic heterocycles. The van der Waals surface area contributed by atoms with E-state index in [1.165, 1.54) is 54.9 Å². The van der Waals surface area contributed by atoms with Crippen LogP contribution in [0, 0.1) is 0 Å². The molecule has 0 spiro atoms. The second-order valence-electron chi connectivity index (χ2n) is 11.0. The van der Waals surface area contributed by atoms with Gasteiger partial charge in [0.2, 0.25) is 0 Å². The van der Waals surface area contributed by atoms with Crippen molar-refractivity contribution in [1.29, 1.82) is 0 Å². The molecule has 0 amide bonds.